The molecule has 1 N–H and O–H groups in total. The molecule has 0 saturated carbocycles. The first-order valence-corrected chi connectivity index (χ1v) is 6.70. The predicted octanol–water partition coefficient (Wildman–Crippen LogP) is 1.77. The lowest BCUT2D eigenvalue weighted by molar-refractivity contribution is -0.137. The molecule has 2 fully saturated rings. The summed E-state index contributed by atoms with van der Waals surface area (Å²) in [5.74, 6) is 0.623. The van der Waals surface area contributed by atoms with Gasteiger partial charge in [-0.3, -0.25) is 4.79 Å². The molecule has 16 heavy (non-hydrogen) atoms. The fraction of sp³-hybridized carbons (Fsp3) is 0.923. The van der Waals surface area contributed by atoms with Crippen LogP contribution in [0.5, 0.6) is 0 Å². The number of carbonyl (C=O) groups excluding carboxylic acids is 1. The Bertz CT molecular complexity index is 263. The van der Waals surface area contributed by atoms with E-state index in [4.69, 9.17) is 0 Å². The number of nitrogens with one attached hydrogen (secondary N) is 1. The van der Waals surface area contributed by atoms with Crippen molar-refractivity contribution in [2.45, 2.75) is 64.1 Å². The van der Waals surface area contributed by atoms with Crippen LogP contribution in [0, 0.1) is 5.92 Å². The van der Waals surface area contributed by atoms with Gasteiger partial charge >= 0.3 is 0 Å². The van der Waals surface area contributed by atoms with Crippen LogP contribution in [-0.4, -0.2) is 36.0 Å². The molecule has 3 unspecified atom stereocenters. The van der Waals surface area contributed by atoms with E-state index in [1.54, 1.807) is 0 Å². The second-order valence-electron chi connectivity index (χ2n) is 5.31. The lowest BCUT2D eigenvalue weighted by Crippen LogP contribution is -2.43. The molecule has 92 valence electrons. The zero-order chi connectivity index (χ0) is 11.7. The fourth-order valence-corrected chi connectivity index (χ4v) is 3.38. The van der Waals surface area contributed by atoms with Crippen LogP contribution in [0.15, 0.2) is 0 Å². The third-order valence-electron chi connectivity index (χ3n) is 4.46. The Balaban J connectivity index is 1.97. The van der Waals surface area contributed by atoms with Gasteiger partial charge in [0.05, 0.1) is 5.92 Å². The van der Waals surface area contributed by atoms with Crippen molar-refractivity contribution in [2.75, 3.05) is 7.05 Å². The first-order chi connectivity index (χ1) is 7.67. The van der Waals surface area contributed by atoms with E-state index in [1.165, 1.54) is 12.8 Å². The van der Waals surface area contributed by atoms with Crippen molar-refractivity contribution >= 4 is 5.91 Å². The SMILES string of the molecule is CCC(CC)N(C)C(=O)C1CC2CCC1N2. The molecule has 0 radical (unpaired) electrons. The number of hydrogen-bond acceptors (Lipinski definition) is 2. The van der Waals surface area contributed by atoms with E-state index in [-0.39, 0.29) is 5.92 Å². The molecule has 0 aromatic rings. The molecule has 3 heteroatoms. The summed E-state index contributed by atoms with van der Waals surface area (Å²) in [7, 11) is 1.98. The van der Waals surface area contributed by atoms with Gasteiger partial charge in [0.25, 0.3) is 0 Å². The molecule has 0 aromatic heterocycles. The largest absolute Gasteiger partial charge is 0.343 e. The van der Waals surface area contributed by atoms with Gasteiger partial charge in [0.2, 0.25) is 5.91 Å². The van der Waals surface area contributed by atoms with Crippen LogP contribution in [-0.2, 0) is 4.79 Å². The Morgan fingerprint density at radius 3 is 2.50 bits per heavy atom. The topological polar surface area (TPSA) is 32.3 Å². The summed E-state index contributed by atoms with van der Waals surface area (Å²) < 4.78 is 0. The van der Waals surface area contributed by atoms with Crippen LogP contribution >= 0.6 is 0 Å². The number of carbonyl (C=O) groups is 1. The average Bonchev–Trinajstić information content (AvgIpc) is 2.91. The number of amides is 1. The quantitative estimate of drug-likeness (QED) is 0.789. The van der Waals surface area contributed by atoms with Crippen molar-refractivity contribution in [1.29, 1.82) is 0 Å². The van der Waals surface area contributed by atoms with E-state index in [1.807, 2.05) is 11.9 Å². The first kappa shape index (κ1) is 11.9. The van der Waals surface area contributed by atoms with Gasteiger partial charge in [0.15, 0.2) is 0 Å². The van der Waals surface area contributed by atoms with E-state index in [2.05, 4.69) is 19.2 Å². The molecule has 0 spiro atoms. The molecule has 2 rings (SSSR count). The molecular weight excluding hydrogens is 200 g/mol. The van der Waals surface area contributed by atoms with E-state index < -0.39 is 0 Å². The van der Waals surface area contributed by atoms with E-state index in [9.17, 15) is 4.79 Å². The highest BCUT2D eigenvalue weighted by molar-refractivity contribution is 5.80. The number of hydrogen-bond donors (Lipinski definition) is 1. The van der Waals surface area contributed by atoms with Crippen molar-refractivity contribution in [3.8, 4) is 0 Å². The maximum absolute atomic E-state index is 12.4. The molecular formula is C13H24N2O. The summed E-state index contributed by atoms with van der Waals surface area (Å²) in [5.41, 5.74) is 0. The molecule has 0 aromatic carbocycles. The second-order valence-corrected chi connectivity index (χ2v) is 5.31. The van der Waals surface area contributed by atoms with Crippen LogP contribution in [0.3, 0.4) is 0 Å². The molecule has 0 aliphatic carbocycles. The minimum absolute atomic E-state index is 0.254. The normalized spacial score (nSPS) is 32.4. The Hall–Kier alpha value is -0.570. The van der Waals surface area contributed by atoms with Gasteiger partial charge in [-0.2, -0.15) is 0 Å². The first-order valence-electron chi connectivity index (χ1n) is 6.70. The van der Waals surface area contributed by atoms with E-state index >= 15 is 0 Å². The van der Waals surface area contributed by atoms with Gasteiger partial charge in [-0.15, -0.1) is 0 Å². The Morgan fingerprint density at radius 1 is 1.38 bits per heavy atom. The minimum atomic E-state index is 0.254. The van der Waals surface area contributed by atoms with E-state index in [0.29, 0.717) is 24.0 Å². The number of nitrogens with zero attached hydrogens (tertiary/aromatic N) is 1. The molecule has 1 amide bonds. The molecule has 3 nitrogen and oxygen atoms in total. The molecule has 2 aliphatic heterocycles. The lowest BCUT2D eigenvalue weighted by Gasteiger charge is -2.31. The molecule has 2 aliphatic rings. The van der Waals surface area contributed by atoms with Crippen LogP contribution in [0.2, 0.25) is 0 Å². The summed E-state index contributed by atoms with van der Waals surface area (Å²) in [4.78, 5) is 14.4. The highest BCUT2D eigenvalue weighted by Crippen LogP contribution is 2.34. The Morgan fingerprint density at radius 2 is 2.06 bits per heavy atom. The molecule has 2 saturated heterocycles. The number of rotatable bonds is 4. The molecule has 2 heterocycles. The summed E-state index contributed by atoms with van der Waals surface area (Å²) in [6, 6.07) is 1.51. The van der Waals surface area contributed by atoms with Gasteiger partial charge in [-0.25, -0.2) is 0 Å². The van der Waals surface area contributed by atoms with Gasteiger partial charge in [-0.05, 0) is 32.1 Å². The second kappa shape index (κ2) is 4.74. The van der Waals surface area contributed by atoms with Crippen LogP contribution in [0.1, 0.15) is 46.0 Å². The molecule has 2 bridgehead atoms. The maximum Gasteiger partial charge on any atom is 0.227 e. The zero-order valence-electron chi connectivity index (χ0n) is 10.7. The monoisotopic (exact) mass is 224 g/mol. The summed E-state index contributed by atoms with van der Waals surface area (Å²) >= 11 is 0. The van der Waals surface area contributed by atoms with E-state index in [0.717, 1.165) is 19.3 Å². The van der Waals surface area contributed by atoms with Crippen LogP contribution in [0.25, 0.3) is 0 Å². The zero-order valence-corrected chi connectivity index (χ0v) is 10.7. The minimum Gasteiger partial charge on any atom is -0.343 e. The van der Waals surface area contributed by atoms with Crippen molar-refractivity contribution in [3.63, 3.8) is 0 Å². The third kappa shape index (κ3) is 1.97. The van der Waals surface area contributed by atoms with Crippen LogP contribution < -0.4 is 5.32 Å². The summed E-state index contributed by atoms with van der Waals surface area (Å²) in [6.07, 6.45) is 5.65. The fourth-order valence-electron chi connectivity index (χ4n) is 3.38. The van der Waals surface area contributed by atoms with Crippen molar-refractivity contribution < 1.29 is 4.79 Å². The van der Waals surface area contributed by atoms with Gasteiger partial charge in [0, 0.05) is 25.2 Å². The van der Waals surface area contributed by atoms with Gasteiger partial charge in [-0.1, -0.05) is 13.8 Å². The number of fused-ring (bicyclic) bond motifs is 2. The van der Waals surface area contributed by atoms with Gasteiger partial charge < -0.3 is 10.2 Å². The standard InChI is InChI=1S/C13H24N2O/c1-4-10(5-2)15(3)13(16)11-8-9-6-7-12(11)14-9/h9-12,14H,4-8H2,1-3H3. The van der Waals surface area contributed by atoms with Gasteiger partial charge in [0.1, 0.15) is 0 Å². The highest BCUT2D eigenvalue weighted by Gasteiger charge is 2.44. The smallest absolute Gasteiger partial charge is 0.227 e. The summed E-state index contributed by atoms with van der Waals surface area (Å²) in [6.45, 7) is 4.33. The van der Waals surface area contributed by atoms with Crippen molar-refractivity contribution in [1.82, 2.24) is 10.2 Å². The Labute approximate surface area is 98.6 Å². The van der Waals surface area contributed by atoms with Crippen molar-refractivity contribution in [3.05, 3.63) is 0 Å². The summed E-state index contributed by atoms with van der Waals surface area (Å²) in [5, 5.41) is 3.54. The Kier molecular flexibility index (Phi) is 3.53. The lowest BCUT2D eigenvalue weighted by atomic mass is 9.88. The molecule has 3 atom stereocenters. The van der Waals surface area contributed by atoms with Crippen LogP contribution in [0.4, 0.5) is 0 Å². The average molecular weight is 224 g/mol. The van der Waals surface area contributed by atoms with Crippen molar-refractivity contribution in [2.24, 2.45) is 5.92 Å². The third-order valence-corrected chi connectivity index (χ3v) is 4.46. The predicted molar refractivity (Wildman–Crippen MR) is 65.2 cm³/mol. The maximum atomic E-state index is 12.4. The highest BCUT2D eigenvalue weighted by atomic mass is 16.2.